The Kier molecular flexibility index (Phi) is 2.98. The Labute approximate surface area is 102 Å². The molecule has 1 N–H and O–H groups in total. The van der Waals surface area contributed by atoms with Gasteiger partial charge in [0.15, 0.2) is 5.78 Å². The number of rotatable bonds is 5. The molecule has 0 aromatic heterocycles. The Hall–Kier alpha value is -1.15. The predicted molar refractivity (Wildman–Crippen MR) is 68.4 cm³/mol. The van der Waals surface area contributed by atoms with Crippen molar-refractivity contribution in [2.24, 2.45) is 0 Å². The number of hydrogen-bond donors (Lipinski definition) is 1. The van der Waals surface area contributed by atoms with Gasteiger partial charge in [-0.15, -0.1) is 0 Å². The average molecular weight is 229 g/mol. The van der Waals surface area contributed by atoms with Gasteiger partial charge < -0.3 is 5.32 Å². The van der Waals surface area contributed by atoms with E-state index in [0.717, 1.165) is 18.5 Å². The molecule has 0 aliphatic heterocycles. The first-order valence-electron chi connectivity index (χ1n) is 6.71. The number of fused-ring (bicyclic) bond motifs is 1. The molecule has 0 atom stereocenters. The number of benzene rings is 1. The third-order valence-corrected chi connectivity index (χ3v) is 3.78. The molecule has 17 heavy (non-hydrogen) atoms. The summed E-state index contributed by atoms with van der Waals surface area (Å²) in [6.07, 6.45) is 6.79. The fraction of sp³-hybridized carbons (Fsp3) is 0.533. The molecule has 1 fully saturated rings. The largest absolute Gasteiger partial charge is 0.314 e. The lowest BCUT2D eigenvalue weighted by Crippen LogP contribution is -2.20. The lowest BCUT2D eigenvalue weighted by molar-refractivity contribution is 0.0982. The maximum Gasteiger partial charge on any atom is 0.164 e. The van der Waals surface area contributed by atoms with E-state index in [0.29, 0.717) is 12.5 Å². The summed E-state index contributed by atoms with van der Waals surface area (Å²) >= 11 is 0. The van der Waals surface area contributed by atoms with E-state index in [4.69, 9.17) is 0 Å². The van der Waals surface area contributed by atoms with Crippen LogP contribution in [0.1, 0.15) is 47.2 Å². The smallest absolute Gasteiger partial charge is 0.164 e. The minimum absolute atomic E-state index is 0.285. The van der Waals surface area contributed by atoms with E-state index in [-0.39, 0.29) is 5.78 Å². The summed E-state index contributed by atoms with van der Waals surface area (Å²) in [5.41, 5.74) is 3.74. The van der Waals surface area contributed by atoms with E-state index in [1.165, 1.54) is 36.8 Å². The van der Waals surface area contributed by atoms with Crippen LogP contribution in [0.5, 0.6) is 0 Å². The summed E-state index contributed by atoms with van der Waals surface area (Å²) in [6.45, 7) is 0.834. The zero-order valence-corrected chi connectivity index (χ0v) is 10.2. The van der Waals surface area contributed by atoms with Crippen molar-refractivity contribution in [1.82, 2.24) is 5.32 Å². The Morgan fingerprint density at radius 1 is 1.24 bits per heavy atom. The van der Waals surface area contributed by atoms with Gasteiger partial charge in [-0.05, 0) is 49.3 Å². The van der Waals surface area contributed by atoms with Crippen LogP contribution in [0, 0.1) is 0 Å². The topological polar surface area (TPSA) is 29.1 Å². The molecular formula is C15H19NO. The molecule has 0 radical (unpaired) electrons. The van der Waals surface area contributed by atoms with Crippen LogP contribution in [0.2, 0.25) is 0 Å². The van der Waals surface area contributed by atoms with E-state index >= 15 is 0 Å². The molecule has 90 valence electrons. The molecule has 3 rings (SSSR count). The number of ketones is 1. The number of carbonyl (C=O) groups excluding carboxylic acids is 1. The third-order valence-electron chi connectivity index (χ3n) is 3.78. The van der Waals surface area contributed by atoms with Gasteiger partial charge in [0.2, 0.25) is 0 Å². The lowest BCUT2D eigenvalue weighted by atomic mass is 10.0. The fourth-order valence-electron chi connectivity index (χ4n) is 2.57. The average Bonchev–Trinajstić information content (AvgIpc) is 3.04. The normalized spacial score (nSPS) is 18.1. The number of nitrogens with one attached hydrogen (secondary N) is 1. The van der Waals surface area contributed by atoms with Crippen LogP contribution in [-0.4, -0.2) is 18.4 Å². The van der Waals surface area contributed by atoms with Gasteiger partial charge >= 0.3 is 0 Å². The van der Waals surface area contributed by atoms with Crippen LogP contribution in [-0.2, 0) is 12.8 Å². The van der Waals surface area contributed by atoms with E-state index < -0.39 is 0 Å². The van der Waals surface area contributed by atoms with Gasteiger partial charge in [-0.2, -0.15) is 0 Å². The zero-order chi connectivity index (χ0) is 11.7. The second kappa shape index (κ2) is 4.61. The van der Waals surface area contributed by atoms with Crippen LogP contribution in [0.3, 0.4) is 0 Å². The van der Waals surface area contributed by atoms with Gasteiger partial charge in [-0.1, -0.05) is 12.1 Å². The van der Waals surface area contributed by atoms with Crippen molar-refractivity contribution in [1.29, 1.82) is 0 Å². The van der Waals surface area contributed by atoms with Crippen LogP contribution < -0.4 is 5.32 Å². The first kappa shape index (κ1) is 11.0. The first-order chi connectivity index (χ1) is 8.33. The van der Waals surface area contributed by atoms with Crippen LogP contribution in [0.25, 0.3) is 0 Å². The molecule has 1 aromatic rings. The van der Waals surface area contributed by atoms with E-state index in [2.05, 4.69) is 17.4 Å². The van der Waals surface area contributed by atoms with E-state index in [9.17, 15) is 4.79 Å². The minimum Gasteiger partial charge on any atom is -0.314 e. The molecule has 1 saturated carbocycles. The molecule has 2 aliphatic carbocycles. The Balaban J connectivity index is 1.60. The summed E-state index contributed by atoms with van der Waals surface area (Å²) in [4.78, 5) is 12.0. The molecule has 0 bridgehead atoms. The SMILES string of the molecule is O=C(CCNC1CC1)c1ccc2c(c1)CCC2. The summed E-state index contributed by atoms with van der Waals surface area (Å²) in [5, 5.41) is 3.39. The molecule has 2 nitrogen and oxygen atoms in total. The monoisotopic (exact) mass is 229 g/mol. The van der Waals surface area contributed by atoms with Gasteiger partial charge in [-0.3, -0.25) is 4.79 Å². The molecular weight excluding hydrogens is 210 g/mol. The highest BCUT2D eigenvalue weighted by Gasteiger charge is 2.20. The predicted octanol–water partition coefficient (Wildman–Crippen LogP) is 2.50. The fourth-order valence-corrected chi connectivity index (χ4v) is 2.57. The van der Waals surface area contributed by atoms with Gasteiger partial charge in [-0.25, -0.2) is 0 Å². The molecule has 0 saturated heterocycles. The number of Topliss-reactive ketones (excluding diaryl/α,β-unsaturated/α-hetero) is 1. The molecule has 2 aliphatic rings. The second-order valence-electron chi connectivity index (χ2n) is 5.24. The number of hydrogen-bond acceptors (Lipinski definition) is 2. The van der Waals surface area contributed by atoms with Crippen molar-refractivity contribution in [2.45, 2.75) is 44.6 Å². The molecule has 2 heteroatoms. The van der Waals surface area contributed by atoms with E-state index in [1.54, 1.807) is 0 Å². The van der Waals surface area contributed by atoms with Gasteiger partial charge in [0.1, 0.15) is 0 Å². The number of aryl methyl sites for hydroxylation is 2. The van der Waals surface area contributed by atoms with Crippen molar-refractivity contribution in [3.05, 3.63) is 34.9 Å². The van der Waals surface area contributed by atoms with Crippen LogP contribution in [0.4, 0.5) is 0 Å². The highest BCUT2D eigenvalue weighted by atomic mass is 16.1. The van der Waals surface area contributed by atoms with E-state index in [1.807, 2.05) is 6.07 Å². The summed E-state index contributed by atoms with van der Waals surface area (Å²) in [6, 6.07) is 6.96. The minimum atomic E-state index is 0.285. The Morgan fingerprint density at radius 3 is 2.88 bits per heavy atom. The first-order valence-corrected chi connectivity index (χ1v) is 6.71. The maximum atomic E-state index is 12.0. The number of carbonyl (C=O) groups is 1. The van der Waals surface area contributed by atoms with Gasteiger partial charge in [0.05, 0.1) is 0 Å². The quantitative estimate of drug-likeness (QED) is 0.786. The van der Waals surface area contributed by atoms with Crippen molar-refractivity contribution in [2.75, 3.05) is 6.54 Å². The van der Waals surface area contributed by atoms with Crippen molar-refractivity contribution in [3.8, 4) is 0 Å². The lowest BCUT2D eigenvalue weighted by Gasteiger charge is -2.05. The molecule has 0 heterocycles. The van der Waals surface area contributed by atoms with Crippen LogP contribution in [0.15, 0.2) is 18.2 Å². The highest BCUT2D eigenvalue weighted by Crippen LogP contribution is 2.23. The highest BCUT2D eigenvalue weighted by molar-refractivity contribution is 5.96. The van der Waals surface area contributed by atoms with Crippen molar-refractivity contribution < 1.29 is 4.79 Å². The summed E-state index contributed by atoms with van der Waals surface area (Å²) in [5.74, 6) is 0.285. The molecule has 0 spiro atoms. The Bertz CT molecular complexity index is 435. The summed E-state index contributed by atoms with van der Waals surface area (Å²) in [7, 11) is 0. The van der Waals surface area contributed by atoms with Gasteiger partial charge in [0, 0.05) is 24.6 Å². The third kappa shape index (κ3) is 2.58. The van der Waals surface area contributed by atoms with Crippen molar-refractivity contribution >= 4 is 5.78 Å². The van der Waals surface area contributed by atoms with Crippen LogP contribution >= 0.6 is 0 Å². The second-order valence-corrected chi connectivity index (χ2v) is 5.24. The maximum absolute atomic E-state index is 12.0. The molecule has 0 amide bonds. The Morgan fingerprint density at radius 2 is 2.06 bits per heavy atom. The zero-order valence-electron chi connectivity index (χ0n) is 10.2. The van der Waals surface area contributed by atoms with Gasteiger partial charge in [0.25, 0.3) is 0 Å². The summed E-state index contributed by atoms with van der Waals surface area (Å²) < 4.78 is 0. The molecule has 0 unspecified atom stereocenters. The standard InChI is InChI=1S/C15H19NO/c17-15(8-9-16-14-6-7-14)13-5-4-11-2-1-3-12(11)10-13/h4-5,10,14,16H,1-3,6-9H2. The molecule has 1 aromatic carbocycles. The van der Waals surface area contributed by atoms with Crippen molar-refractivity contribution in [3.63, 3.8) is 0 Å².